The third kappa shape index (κ3) is 1.89. The molecule has 2 aliphatic heterocycles. The Morgan fingerprint density at radius 2 is 1.84 bits per heavy atom. The number of hydrogen-bond acceptors (Lipinski definition) is 3. The largest absolute Gasteiger partial charge is 0.329 e. The maximum absolute atomic E-state index is 12.6. The first-order valence-electron chi connectivity index (χ1n) is 6.26. The molecule has 1 aromatic rings. The lowest BCUT2D eigenvalue weighted by atomic mass is 9.88. The molecule has 2 aliphatic rings. The van der Waals surface area contributed by atoms with Gasteiger partial charge in [0.1, 0.15) is 5.54 Å². The van der Waals surface area contributed by atoms with E-state index in [9.17, 15) is 9.59 Å². The van der Waals surface area contributed by atoms with Crippen molar-refractivity contribution >= 4 is 29.2 Å². The van der Waals surface area contributed by atoms with Crippen molar-refractivity contribution in [2.75, 3.05) is 18.0 Å². The van der Waals surface area contributed by atoms with Crippen molar-refractivity contribution in [2.45, 2.75) is 18.4 Å². The number of carbonyl (C=O) groups excluding carboxylic acids is 2. The van der Waals surface area contributed by atoms with Crippen molar-refractivity contribution < 1.29 is 9.59 Å². The molecule has 5 nitrogen and oxygen atoms in total. The topological polar surface area (TPSA) is 61.4 Å². The summed E-state index contributed by atoms with van der Waals surface area (Å²) in [4.78, 5) is 25.9. The van der Waals surface area contributed by atoms with E-state index in [0.717, 1.165) is 18.0 Å². The molecular formula is C13H14ClN3O2. The number of benzene rings is 1. The number of imide groups is 1. The van der Waals surface area contributed by atoms with E-state index < -0.39 is 5.54 Å². The minimum Gasteiger partial charge on any atom is -0.323 e. The summed E-state index contributed by atoms with van der Waals surface area (Å²) in [5, 5.41) is 6.42. The quantitative estimate of drug-likeness (QED) is 0.766. The third-order valence-electron chi connectivity index (χ3n) is 3.71. The van der Waals surface area contributed by atoms with Gasteiger partial charge < -0.3 is 10.6 Å². The zero-order valence-electron chi connectivity index (χ0n) is 10.3. The molecule has 3 rings (SSSR count). The number of piperidine rings is 1. The Hall–Kier alpha value is -1.59. The molecule has 1 aromatic carbocycles. The minimum atomic E-state index is -0.762. The molecule has 3 amide bonds. The van der Waals surface area contributed by atoms with Crippen LogP contribution in [0.25, 0.3) is 0 Å². The Bertz CT molecular complexity index is 540. The summed E-state index contributed by atoms with van der Waals surface area (Å²) in [6.45, 7) is 1.45. The monoisotopic (exact) mass is 279 g/mol. The van der Waals surface area contributed by atoms with Gasteiger partial charge in [0.2, 0.25) is 0 Å². The van der Waals surface area contributed by atoms with E-state index in [4.69, 9.17) is 11.6 Å². The average Bonchev–Trinajstić information content (AvgIpc) is 2.63. The highest BCUT2D eigenvalue weighted by molar-refractivity contribution is 6.36. The predicted octanol–water partition coefficient (Wildman–Crippen LogP) is 1.52. The number of carbonyl (C=O) groups is 2. The highest BCUT2D eigenvalue weighted by atomic mass is 35.5. The summed E-state index contributed by atoms with van der Waals surface area (Å²) in [7, 11) is 0. The second-order valence-corrected chi connectivity index (χ2v) is 5.26. The first-order chi connectivity index (χ1) is 9.14. The normalized spacial score (nSPS) is 21.8. The minimum absolute atomic E-state index is 0.202. The fraction of sp³-hybridized carbons (Fsp3) is 0.385. The molecule has 0 aliphatic carbocycles. The fourth-order valence-electron chi connectivity index (χ4n) is 2.66. The summed E-state index contributed by atoms with van der Waals surface area (Å²) in [6.07, 6.45) is 1.22. The molecule has 6 heteroatoms. The van der Waals surface area contributed by atoms with Gasteiger partial charge in [0.25, 0.3) is 5.91 Å². The molecule has 0 bridgehead atoms. The number of urea groups is 1. The van der Waals surface area contributed by atoms with Crippen LogP contribution in [0.1, 0.15) is 12.8 Å². The van der Waals surface area contributed by atoms with E-state index in [1.54, 1.807) is 24.3 Å². The lowest BCUT2D eigenvalue weighted by Crippen LogP contribution is -2.53. The van der Waals surface area contributed by atoms with Crippen molar-refractivity contribution in [3.05, 3.63) is 29.3 Å². The lowest BCUT2D eigenvalue weighted by molar-refractivity contribution is -0.122. The molecule has 0 saturated carbocycles. The molecule has 19 heavy (non-hydrogen) atoms. The first-order valence-corrected chi connectivity index (χ1v) is 6.64. The van der Waals surface area contributed by atoms with Crippen LogP contribution in [-0.2, 0) is 4.79 Å². The van der Waals surface area contributed by atoms with Crippen LogP contribution < -0.4 is 15.5 Å². The average molecular weight is 280 g/mol. The second kappa shape index (κ2) is 4.51. The zero-order valence-corrected chi connectivity index (χ0v) is 11.0. The van der Waals surface area contributed by atoms with Gasteiger partial charge in [-0.25, -0.2) is 9.69 Å². The number of amides is 3. The Labute approximate surface area is 115 Å². The van der Waals surface area contributed by atoms with Gasteiger partial charge in [-0.15, -0.1) is 0 Å². The van der Waals surface area contributed by atoms with Crippen LogP contribution in [0.3, 0.4) is 0 Å². The predicted molar refractivity (Wildman–Crippen MR) is 72.3 cm³/mol. The fourth-order valence-corrected chi connectivity index (χ4v) is 2.88. The highest BCUT2D eigenvalue weighted by Crippen LogP contribution is 2.34. The zero-order chi connectivity index (χ0) is 13.5. The Morgan fingerprint density at radius 1 is 1.16 bits per heavy atom. The highest BCUT2D eigenvalue weighted by Gasteiger charge is 2.52. The van der Waals surface area contributed by atoms with Crippen molar-refractivity contribution in [3.63, 3.8) is 0 Å². The summed E-state index contributed by atoms with van der Waals surface area (Å²) < 4.78 is 0. The summed E-state index contributed by atoms with van der Waals surface area (Å²) in [5.41, 5.74) is -0.316. The van der Waals surface area contributed by atoms with Crippen LogP contribution in [0.5, 0.6) is 0 Å². The van der Waals surface area contributed by atoms with Crippen LogP contribution in [0.4, 0.5) is 10.5 Å². The molecule has 0 unspecified atom stereocenters. The molecule has 2 saturated heterocycles. The number of anilines is 1. The molecule has 0 atom stereocenters. The third-order valence-corrected chi connectivity index (χ3v) is 4.03. The van der Waals surface area contributed by atoms with E-state index in [-0.39, 0.29) is 11.9 Å². The molecule has 0 radical (unpaired) electrons. The Morgan fingerprint density at radius 3 is 2.53 bits per heavy atom. The van der Waals surface area contributed by atoms with E-state index in [0.29, 0.717) is 23.6 Å². The molecule has 100 valence electrons. The molecule has 0 aromatic heterocycles. The Kier molecular flexibility index (Phi) is 2.95. The van der Waals surface area contributed by atoms with Crippen molar-refractivity contribution in [1.82, 2.24) is 10.6 Å². The molecule has 1 spiro atoms. The van der Waals surface area contributed by atoms with Crippen LogP contribution in [0, 0.1) is 0 Å². The second-order valence-electron chi connectivity index (χ2n) is 4.85. The van der Waals surface area contributed by atoms with Crippen LogP contribution >= 0.6 is 11.6 Å². The van der Waals surface area contributed by atoms with Gasteiger partial charge in [0, 0.05) is 0 Å². The van der Waals surface area contributed by atoms with Gasteiger partial charge >= 0.3 is 6.03 Å². The number of nitrogens with zero attached hydrogens (tertiary/aromatic N) is 1. The van der Waals surface area contributed by atoms with Gasteiger partial charge in [-0.05, 0) is 38.1 Å². The number of para-hydroxylation sites is 1. The number of halogens is 1. The van der Waals surface area contributed by atoms with Gasteiger partial charge in [0.15, 0.2) is 0 Å². The van der Waals surface area contributed by atoms with Crippen LogP contribution in [0.15, 0.2) is 24.3 Å². The van der Waals surface area contributed by atoms with Gasteiger partial charge in [0.05, 0.1) is 10.7 Å². The molecule has 2 N–H and O–H groups in total. The van der Waals surface area contributed by atoms with Crippen molar-refractivity contribution in [2.24, 2.45) is 0 Å². The van der Waals surface area contributed by atoms with Gasteiger partial charge in [-0.1, -0.05) is 23.7 Å². The maximum Gasteiger partial charge on any atom is 0.329 e. The SMILES string of the molecule is O=C1NC2(CCNCC2)C(=O)N1c1ccccc1Cl. The van der Waals surface area contributed by atoms with E-state index in [1.165, 1.54) is 0 Å². The van der Waals surface area contributed by atoms with Crippen molar-refractivity contribution in [3.8, 4) is 0 Å². The van der Waals surface area contributed by atoms with E-state index in [1.807, 2.05) is 0 Å². The Balaban J connectivity index is 1.98. The number of rotatable bonds is 1. The van der Waals surface area contributed by atoms with Gasteiger partial charge in [-0.2, -0.15) is 0 Å². The van der Waals surface area contributed by atoms with E-state index >= 15 is 0 Å². The summed E-state index contributed by atoms with van der Waals surface area (Å²) in [5.74, 6) is -0.202. The summed E-state index contributed by atoms with van der Waals surface area (Å²) in [6, 6.07) is 6.49. The molecular weight excluding hydrogens is 266 g/mol. The van der Waals surface area contributed by atoms with Crippen LogP contribution in [-0.4, -0.2) is 30.6 Å². The van der Waals surface area contributed by atoms with Gasteiger partial charge in [-0.3, -0.25) is 4.79 Å². The van der Waals surface area contributed by atoms with Crippen molar-refractivity contribution in [1.29, 1.82) is 0 Å². The van der Waals surface area contributed by atoms with Crippen LogP contribution in [0.2, 0.25) is 5.02 Å². The smallest absolute Gasteiger partial charge is 0.323 e. The van der Waals surface area contributed by atoms with E-state index in [2.05, 4.69) is 10.6 Å². The lowest BCUT2D eigenvalue weighted by Gasteiger charge is -2.31. The summed E-state index contributed by atoms with van der Waals surface area (Å²) >= 11 is 6.08. The maximum atomic E-state index is 12.6. The first kappa shape index (κ1) is 12.4. The number of nitrogens with one attached hydrogen (secondary N) is 2. The standard InChI is InChI=1S/C13H14ClN3O2/c14-9-3-1-2-4-10(9)17-11(18)13(16-12(17)19)5-7-15-8-6-13/h1-4,15H,5-8H2,(H,16,19). The molecule has 2 fully saturated rings. The number of hydrogen-bond donors (Lipinski definition) is 2. The molecule has 2 heterocycles.